The quantitative estimate of drug-likeness (QED) is 0.847. The van der Waals surface area contributed by atoms with Crippen LogP contribution in [-0.4, -0.2) is 26.2 Å². The third-order valence-electron chi connectivity index (χ3n) is 3.29. The van der Waals surface area contributed by atoms with Gasteiger partial charge in [0.25, 0.3) is 0 Å². The van der Waals surface area contributed by atoms with E-state index in [9.17, 15) is 4.79 Å². The average molecular weight is 301 g/mol. The van der Waals surface area contributed by atoms with Gasteiger partial charge in [-0.1, -0.05) is 31.9 Å². The highest BCUT2D eigenvalue weighted by Gasteiger charge is 2.21. The predicted octanol–water partition coefficient (Wildman–Crippen LogP) is 2.67. The summed E-state index contributed by atoms with van der Waals surface area (Å²) in [5.41, 5.74) is 6.34. The van der Waals surface area contributed by atoms with Crippen molar-refractivity contribution in [3.05, 3.63) is 17.2 Å². The molecule has 0 saturated heterocycles. The molecule has 20 heavy (non-hydrogen) atoms. The van der Waals surface area contributed by atoms with Crippen molar-refractivity contribution in [3.63, 3.8) is 0 Å². The highest BCUT2D eigenvalue weighted by Crippen LogP contribution is 2.36. The van der Waals surface area contributed by atoms with Gasteiger partial charge in [0.1, 0.15) is 0 Å². The Kier molecular flexibility index (Phi) is 6.10. The number of rotatable bonds is 6. The van der Waals surface area contributed by atoms with Crippen molar-refractivity contribution in [1.29, 1.82) is 0 Å². The van der Waals surface area contributed by atoms with Crippen molar-refractivity contribution in [2.45, 2.75) is 26.3 Å². The van der Waals surface area contributed by atoms with Crippen LogP contribution in [0.2, 0.25) is 5.02 Å². The Labute approximate surface area is 124 Å². The highest BCUT2D eigenvalue weighted by atomic mass is 35.5. The number of ether oxygens (including phenoxy) is 2. The summed E-state index contributed by atoms with van der Waals surface area (Å²) in [5.74, 6) is 0.813. The Morgan fingerprint density at radius 3 is 2.40 bits per heavy atom. The molecule has 2 atom stereocenters. The Balaban J connectivity index is 2.95. The van der Waals surface area contributed by atoms with E-state index in [-0.39, 0.29) is 11.8 Å². The van der Waals surface area contributed by atoms with Gasteiger partial charge in [-0.3, -0.25) is 4.79 Å². The maximum absolute atomic E-state index is 12.1. The first-order valence-electron chi connectivity index (χ1n) is 6.42. The number of hydrogen-bond acceptors (Lipinski definition) is 4. The number of hydrogen-bond donors (Lipinski definition) is 2. The zero-order chi connectivity index (χ0) is 15.3. The largest absolute Gasteiger partial charge is 0.493 e. The lowest BCUT2D eigenvalue weighted by atomic mass is 9.99. The van der Waals surface area contributed by atoms with E-state index in [2.05, 4.69) is 5.32 Å². The molecule has 0 spiro atoms. The van der Waals surface area contributed by atoms with Gasteiger partial charge in [0.15, 0.2) is 11.5 Å². The molecule has 0 aliphatic rings. The SMILES string of the molecule is CCC(C)C(N)C(=O)Nc1cc(OC)c(OC)cc1Cl. The minimum atomic E-state index is -0.579. The van der Waals surface area contributed by atoms with E-state index in [0.717, 1.165) is 6.42 Å². The lowest BCUT2D eigenvalue weighted by Crippen LogP contribution is -2.40. The molecular weight excluding hydrogens is 280 g/mol. The molecule has 1 aromatic carbocycles. The van der Waals surface area contributed by atoms with Crippen molar-refractivity contribution < 1.29 is 14.3 Å². The topological polar surface area (TPSA) is 73.6 Å². The van der Waals surface area contributed by atoms with Crippen molar-refractivity contribution in [2.75, 3.05) is 19.5 Å². The van der Waals surface area contributed by atoms with E-state index in [1.165, 1.54) is 14.2 Å². The van der Waals surface area contributed by atoms with Crippen LogP contribution in [0.1, 0.15) is 20.3 Å². The lowest BCUT2D eigenvalue weighted by molar-refractivity contribution is -0.118. The predicted molar refractivity (Wildman–Crippen MR) is 80.6 cm³/mol. The van der Waals surface area contributed by atoms with Crippen molar-refractivity contribution in [3.8, 4) is 11.5 Å². The molecule has 0 radical (unpaired) electrons. The lowest BCUT2D eigenvalue weighted by Gasteiger charge is -2.19. The van der Waals surface area contributed by atoms with Crippen LogP contribution in [0.25, 0.3) is 0 Å². The fraction of sp³-hybridized carbons (Fsp3) is 0.500. The molecular formula is C14H21ClN2O3. The van der Waals surface area contributed by atoms with Crippen LogP contribution in [0, 0.1) is 5.92 Å². The van der Waals surface area contributed by atoms with Crippen molar-refractivity contribution in [1.82, 2.24) is 0 Å². The van der Waals surface area contributed by atoms with Gasteiger partial charge >= 0.3 is 0 Å². The summed E-state index contributed by atoms with van der Waals surface area (Å²) in [6, 6.07) is 2.62. The highest BCUT2D eigenvalue weighted by molar-refractivity contribution is 6.34. The fourth-order valence-electron chi connectivity index (χ4n) is 1.68. The molecule has 112 valence electrons. The Morgan fingerprint density at radius 2 is 1.90 bits per heavy atom. The summed E-state index contributed by atoms with van der Waals surface area (Å²) >= 11 is 6.11. The number of halogens is 1. The third kappa shape index (κ3) is 3.77. The maximum Gasteiger partial charge on any atom is 0.241 e. The first-order chi connectivity index (χ1) is 9.44. The Hall–Kier alpha value is -1.46. The monoisotopic (exact) mass is 300 g/mol. The molecule has 0 heterocycles. The molecule has 0 fully saturated rings. The van der Waals surface area contributed by atoms with Gasteiger partial charge < -0.3 is 20.5 Å². The van der Waals surface area contributed by atoms with Crippen LogP contribution in [0.5, 0.6) is 11.5 Å². The molecule has 0 aliphatic carbocycles. The van der Waals surface area contributed by atoms with Gasteiger partial charge in [0.05, 0.1) is 31.0 Å². The van der Waals surface area contributed by atoms with Crippen LogP contribution in [0.15, 0.2) is 12.1 Å². The number of nitrogens with two attached hydrogens (primary N) is 1. The summed E-state index contributed by atoms with van der Waals surface area (Å²) in [6.07, 6.45) is 0.828. The number of nitrogens with one attached hydrogen (secondary N) is 1. The first kappa shape index (κ1) is 16.6. The van der Waals surface area contributed by atoms with Gasteiger partial charge in [-0.25, -0.2) is 0 Å². The van der Waals surface area contributed by atoms with Gasteiger partial charge in [0.2, 0.25) is 5.91 Å². The average Bonchev–Trinajstić information content (AvgIpc) is 2.46. The van der Waals surface area contributed by atoms with Crippen molar-refractivity contribution >= 4 is 23.2 Å². The molecule has 5 nitrogen and oxygen atoms in total. The Morgan fingerprint density at radius 1 is 1.35 bits per heavy atom. The number of carbonyl (C=O) groups is 1. The van der Waals surface area contributed by atoms with Crippen LogP contribution >= 0.6 is 11.6 Å². The molecule has 6 heteroatoms. The normalized spacial score (nSPS) is 13.5. The molecule has 0 bridgehead atoms. The zero-order valence-corrected chi connectivity index (χ0v) is 13.0. The second-order valence-corrected chi connectivity index (χ2v) is 4.99. The molecule has 1 aromatic rings. The van der Waals surface area contributed by atoms with Crippen LogP contribution in [0.3, 0.4) is 0 Å². The summed E-state index contributed by atoms with van der Waals surface area (Å²) in [6.45, 7) is 3.92. The minimum absolute atomic E-state index is 0.0916. The third-order valence-corrected chi connectivity index (χ3v) is 3.60. The molecule has 3 N–H and O–H groups in total. The molecule has 1 amide bonds. The van der Waals surface area contributed by atoms with E-state index in [0.29, 0.717) is 22.2 Å². The van der Waals surface area contributed by atoms with E-state index in [1.54, 1.807) is 12.1 Å². The second-order valence-electron chi connectivity index (χ2n) is 4.59. The molecule has 0 saturated carbocycles. The second kappa shape index (κ2) is 7.36. The summed E-state index contributed by atoms with van der Waals surface area (Å²) in [5, 5.41) is 3.09. The molecule has 1 rings (SSSR count). The summed E-state index contributed by atoms with van der Waals surface area (Å²) in [4.78, 5) is 12.1. The van der Waals surface area contributed by atoms with E-state index >= 15 is 0 Å². The number of anilines is 1. The minimum Gasteiger partial charge on any atom is -0.493 e. The van der Waals surface area contributed by atoms with Crippen molar-refractivity contribution in [2.24, 2.45) is 11.7 Å². The van der Waals surface area contributed by atoms with E-state index < -0.39 is 6.04 Å². The van der Waals surface area contributed by atoms with Crippen LogP contribution in [0.4, 0.5) is 5.69 Å². The smallest absolute Gasteiger partial charge is 0.241 e. The zero-order valence-electron chi connectivity index (χ0n) is 12.2. The van der Waals surface area contributed by atoms with Gasteiger partial charge in [-0.2, -0.15) is 0 Å². The standard InChI is InChI=1S/C14H21ClN2O3/c1-5-8(2)13(16)14(18)17-10-7-12(20-4)11(19-3)6-9(10)15/h6-8,13H,5,16H2,1-4H3,(H,17,18). The van der Waals surface area contributed by atoms with Gasteiger partial charge in [0, 0.05) is 12.1 Å². The van der Waals surface area contributed by atoms with E-state index in [4.69, 9.17) is 26.8 Å². The van der Waals surface area contributed by atoms with Gasteiger partial charge in [-0.05, 0) is 5.92 Å². The number of amides is 1. The first-order valence-corrected chi connectivity index (χ1v) is 6.80. The van der Waals surface area contributed by atoms with Crippen LogP contribution in [-0.2, 0) is 4.79 Å². The summed E-state index contributed by atoms with van der Waals surface area (Å²) < 4.78 is 10.3. The Bertz CT molecular complexity index is 480. The van der Waals surface area contributed by atoms with Gasteiger partial charge in [-0.15, -0.1) is 0 Å². The summed E-state index contributed by atoms with van der Waals surface area (Å²) in [7, 11) is 3.04. The van der Waals surface area contributed by atoms with E-state index in [1.807, 2.05) is 13.8 Å². The number of methoxy groups -OCH3 is 2. The molecule has 0 aliphatic heterocycles. The molecule has 0 aromatic heterocycles. The van der Waals surface area contributed by atoms with Crippen LogP contribution < -0.4 is 20.5 Å². The fourth-order valence-corrected chi connectivity index (χ4v) is 1.88. The number of benzene rings is 1. The molecule has 2 unspecified atom stereocenters. The number of carbonyl (C=O) groups excluding carboxylic acids is 1. The maximum atomic E-state index is 12.1.